The lowest BCUT2D eigenvalue weighted by atomic mass is 10.3. The minimum absolute atomic E-state index is 0.339. The van der Waals surface area contributed by atoms with Crippen molar-refractivity contribution in [2.45, 2.75) is 13.0 Å². The van der Waals surface area contributed by atoms with Crippen molar-refractivity contribution < 1.29 is 19.1 Å². The molecular weight excluding hydrogens is 273 g/mol. The van der Waals surface area contributed by atoms with Gasteiger partial charge in [0, 0.05) is 12.4 Å². The lowest BCUT2D eigenvalue weighted by Gasteiger charge is -2.09. The number of carbonyl (C=O) groups excluding carboxylic acids is 1. The molecular formula is C11H12FN3O3S. The summed E-state index contributed by atoms with van der Waals surface area (Å²) in [7, 11) is 1.76. The first-order valence-corrected chi connectivity index (χ1v) is 6.28. The molecule has 0 saturated carbocycles. The molecule has 6 nitrogen and oxygen atoms in total. The van der Waals surface area contributed by atoms with Crippen molar-refractivity contribution in [1.29, 1.82) is 0 Å². The Balaban J connectivity index is 2.27. The number of rotatable bonds is 4. The van der Waals surface area contributed by atoms with Gasteiger partial charge in [-0.25, -0.2) is 9.18 Å². The van der Waals surface area contributed by atoms with Crippen molar-refractivity contribution in [3.05, 3.63) is 16.6 Å². The van der Waals surface area contributed by atoms with E-state index in [-0.39, 0.29) is 0 Å². The normalized spacial score (nSPS) is 12.6. The molecule has 0 aliphatic rings. The van der Waals surface area contributed by atoms with Crippen LogP contribution in [0.25, 0.3) is 10.2 Å². The number of fused-ring (bicyclic) bond motifs is 1. The lowest BCUT2D eigenvalue weighted by molar-refractivity contribution is -0.139. The molecule has 0 aliphatic heterocycles. The maximum Gasteiger partial charge on any atom is 0.328 e. The number of alkyl halides is 1. The highest BCUT2D eigenvalue weighted by atomic mass is 32.1. The summed E-state index contributed by atoms with van der Waals surface area (Å²) in [6, 6.07) is 0.117. The molecule has 1 unspecified atom stereocenters. The number of carboxylic acids is 1. The summed E-state index contributed by atoms with van der Waals surface area (Å²) >= 11 is 1.19. The van der Waals surface area contributed by atoms with Crippen LogP contribution in [0.2, 0.25) is 0 Å². The van der Waals surface area contributed by atoms with Crippen LogP contribution < -0.4 is 5.32 Å². The SMILES string of the molecule is Cc1nn(C)c2sc(C(=O)NC(CF)C(=O)O)cc12. The van der Waals surface area contributed by atoms with Crippen molar-refractivity contribution in [3.63, 3.8) is 0 Å². The molecule has 0 aliphatic carbocycles. The molecule has 2 heterocycles. The summed E-state index contributed by atoms with van der Waals surface area (Å²) < 4.78 is 14.1. The number of nitrogens with zero attached hydrogens (tertiary/aromatic N) is 2. The molecule has 2 N–H and O–H groups in total. The van der Waals surface area contributed by atoms with Gasteiger partial charge in [-0.1, -0.05) is 0 Å². The monoisotopic (exact) mass is 285 g/mol. The van der Waals surface area contributed by atoms with Gasteiger partial charge in [0.1, 0.15) is 11.5 Å². The van der Waals surface area contributed by atoms with E-state index < -0.39 is 24.6 Å². The molecule has 102 valence electrons. The standard InChI is InChI=1S/C11H12FN3O3S/c1-5-6-3-8(19-10(6)15(2)14-5)9(16)13-7(4-12)11(17)18/h3,7H,4H2,1-2H3,(H,13,16)(H,17,18). The van der Waals surface area contributed by atoms with Gasteiger partial charge >= 0.3 is 5.97 Å². The Morgan fingerprint density at radius 2 is 2.32 bits per heavy atom. The van der Waals surface area contributed by atoms with Gasteiger partial charge in [-0.15, -0.1) is 11.3 Å². The van der Waals surface area contributed by atoms with Gasteiger partial charge in [0.15, 0.2) is 6.04 Å². The first kappa shape index (κ1) is 13.5. The molecule has 1 amide bonds. The minimum atomic E-state index is -1.52. The number of amides is 1. The van der Waals surface area contributed by atoms with Crippen LogP contribution in [0.1, 0.15) is 15.4 Å². The molecule has 0 radical (unpaired) electrons. The minimum Gasteiger partial charge on any atom is -0.480 e. The Kier molecular flexibility index (Phi) is 3.52. The number of hydrogen-bond donors (Lipinski definition) is 2. The second-order valence-electron chi connectivity index (χ2n) is 4.06. The quantitative estimate of drug-likeness (QED) is 0.881. The summed E-state index contributed by atoms with van der Waals surface area (Å²) in [5.74, 6) is -1.99. The average molecular weight is 285 g/mol. The predicted molar refractivity (Wildman–Crippen MR) is 68.2 cm³/mol. The van der Waals surface area contributed by atoms with Crippen LogP contribution in [-0.2, 0) is 11.8 Å². The predicted octanol–water partition coefficient (Wildman–Crippen LogP) is 1.10. The van der Waals surface area contributed by atoms with E-state index in [1.165, 1.54) is 11.3 Å². The van der Waals surface area contributed by atoms with E-state index in [0.29, 0.717) is 4.88 Å². The first-order chi connectivity index (χ1) is 8.93. The molecule has 2 rings (SSSR count). The summed E-state index contributed by atoms with van der Waals surface area (Å²) in [4.78, 5) is 23.7. The van der Waals surface area contributed by atoms with E-state index in [1.54, 1.807) is 17.8 Å². The maximum absolute atomic E-state index is 12.5. The number of aliphatic carboxylic acids is 1. The van der Waals surface area contributed by atoms with Crippen LogP contribution in [0.15, 0.2) is 6.07 Å². The van der Waals surface area contributed by atoms with Crippen molar-refractivity contribution in [3.8, 4) is 0 Å². The number of thiophene rings is 1. The third-order valence-electron chi connectivity index (χ3n) is 2.68. The van der Waals surface area contributed by atoms with Gasteiger partial charge in [0.05, 0.1) is 10.6 Å². The molecule has 0 aromatic carbocycles. The smallest absolute Gasteiger partial charge is 0.328 e. The van der Waals surface area contributed by atoms with Crippen molar-refractivity contribution in [2.75, 3.05) is 6.67 Å². The number of carboxylic acid groups (broad SMARTS) is 1. The summed E-state index contributed by atoms with van der Waals surface area (Å²) in [5, 5.41) is 15.9. The Bertz CT molecular complexity index is 614. The molecule has 1 atom stereocenters. The Hall–Kier alpha value is -1.96. The molecule has 0 saturated heterocycles. The van der Waals surface area contributed by atoms with Gasteiger partial charge in [-0.05, 0) is 13.0 Å². The van der Waals surface area contributed by atoms with Crippen LogP contribution >= 0.6 is 11.3 Å². The van der Waals surface area contributed by atoms with E-state index in [4.69, 9.17) is 5.11 Å². The van der Waals surface area contributed by atoms with E-state index in [2.05, 4.69) is 10.4 Å². The van der Waals surface area contributed by atoms with Gasteiger partial charge in [-0.3, -0.25) is 9.48 Å². The fourth-order valence-corrected chi connectivity index (χ4v) is 2.74. The first-order valence-electron chi connectivity index (χ1n) is 5.46. The van der Waals surface area contributed by atoms with E-state index in [0.717, 1.165) is 15.9 Å². The number of hydrogen-bond acceptors (Lipinski definition) is 4. The van der Waals surface area contributed by atoms with Gasteiger partial charge in [-0.2, -0.15) is 5.10 Å². The van der Waals surface area contributed by atoms with Crippen LogP contribution in [-0.4, -0.2) is 39.5 Å². The maximum atomic E-state index is 12.5. The number of carbonyl (C=O) groups is 2. The topological polar surface area (TPSA) is 84.2 Å². The second kappa shape index (κ2) is 4.96. The number of halogens is 1. The molecule has 2 aromatic rings. The largest absolute Gasteiger partial charge is 0.480 e. The average Bonchev–Trinajstić information content (AvgIpc) is 2.89. The fraction of sp³-hybridized carbons (Fsp3) is 0.364. The fourth-order valence-electron chi connectivity index (χ4n) is 1.71. The zero-order chi connectivity index (χ0) is 14.2. The summed E-state index contributed by atoms with van der Waals surface area (Å²) in [5.41, 5.74) is 0.785. The molecule has 8 heteroatoms. The number of nitrogens with one attached hydrogen (secondary N) is 1. The van der Waals surface area contributed by atoms with Gasteiger partial charge < -0.3 is 10.4 Å². The molecule has 19 heavy (non-hydrogen) atoms. The second-order valence-corrected chi connectivity index (χ2v) is 5.09. The van der Waals surface area contributed by atoms with Crippen LogP contribution in [0.5, 0.6) is 0 Å². The van der Waals surface area contributed by atoms with Crippen molar-refractivity contribution in [1.82, 2.24) is 15.1 Å². The summed E-state index contributed by atoms with van der Waals surface area (Å²) in [6.45, 7) is 0.672. The Morgan fingerprint density at radius 3 is 2.84 bits per heavy atom. The molecule has 0 bridgehead atoms. The van der Waals surface area contributed by atoms with Crippen molar-refractivity contribution >= 4 is 33.4 Å². The highest BCUT2D eigenvalue weighted by molar-refractivity contribution is 7.20. The Labute approximate surface area is 111 Å². The van der Waals surface area contributed by atoms with E-state index >= 15 is 0 Å². The highest BCUT2D eigenvalue weighted by Gasteiger charge is 2.22. The van der Waals surface area contributed by atoms with Gasteiger partial charge in [0.25, 0.3) is 5.91 Å². The zero-order valence-electron chi connectivity index (χ0n) is 10.3. The molecule has 2 aromatic heterocycles. The number of aromatic nitrogens is 2. The van der Waals surface area contributed by atoms with Crippen LogP contribution in [0.3, 0.4) is 0 Å². The number of aryl methyl sites for hydroxylation is 2. The molecule has 0 fully saturated rings. The summed E-state index contributed by atoms with van der Waals surface area (Å²) in [6.07, 6.45) is 0. The van der Waals surface area contributed by atoms with Crippen LogP contribution in [0.4, 0.5) is 4.39 Å². The zero-order valence-corrected chi connectivity index (χ0v) is 11.1. The third kappa shape index (κ3) is 2.43. The van der Waals surface area contributed by atoms with E-state index in [9.17, 15) is 14.0 Å². The third-order valence-corrected chi connectivity index (χ3v) is 3.88. The van der Waals surface area contributed by atoms with Crippen LogP contribution in [0, 0.1) is 6.92 Å². The van der Waals surface area contributed by atoms with Crippen molar-refractivity contribution in [2.24, 2.45) is 7.05 Å². The lowest BCUT2D eigenvalue weighted by Crippen LogP contribution is -2.42. The van der Waals surface area contributed by atoms with Gasteiger partial charge in [0.2, 0.25) is 0 Å². The Morgan fingerprint density at radius 1 is 1.63 bits per heavy atom. The van der Waals surface area contributed by atoms with E-state index in [1.807, 2.05) is 6.92 Å². The molecule has 0 spiro atoms. The highest BCUT2D eigenvalue weighted by Crippen LogP contribution is 2.27.